The van der Waals surface area contributed by atoms with Crippen molar-refractivity contribution >= 4 is 23.0 Å². The van der Waals surface area contributed by atoms with Crippen molar-refractivity contribution in [3.63, 3.8) is 0 Å². The van der Waals surface area contributed by atoms with Gasteiger partial charge in [-0.1, -0.05) is 0 Å². The molecule has 0 saturated carbocycles. The first kappa shape index (κ1) is 21.8. The Labute approximate surface area is 168 Å². The topological polar surface area (TPSA) is 176 Å². The van der Waals surface area contributed by atoms with Crippen LogP contribution in [0.1, 0.15) is 6.92 Å². The van der Waals surface area contributed by atoms with E-state index in [-0.39, 0.29) is 22.4 Å². The summed E-state index contributed by atoms with van der Waals surface area (Å²) < 4.78 is 5.46. The SMILES string of the molecule is CC(=O)Nc1ccc(Oc2cc(O/N=[N+](\[O-])N(C)C)c([N+](=O)[O-])cc2[N+](=O)[O-])cc1. The number of benzene rings is 2. The first-order valence-electron chi connectivity index (χ1n) is 8.13. The Balaban J connectivity index is 2.45. The molecular formula is C16H16N6O8. The van der Waals surface area contributed by atoms with E-state index in [0.29, 0.717) is 11.8 Å². The van der Waals surface area contributed by atoms with Gasteiger partial charge in [0.05, 0.1) is 28.9 Å². The lowest BCUT2D eigenvalue weighted by Crippen LogP contribution is -2.21. The number of nitro groups is 2. The average Bonchev–Trinajstić information content (AvgIpc) is 2.66. The normalized spacial score (nSPS) is 10.8. The summed E-state index contributed by atoms with van der Waals surface area (Å²) in [5.74, 6) is -1.07. The highest BCUT2D eigenvalue weighted by Crippen LogP contribution is 2.41. The van der Waals surface area contributed by atoms with Gasteiger partial charge in [0.25, 0.3) is 0 Å². The van der Waals surface area contributed by atoms with Gasteiger partial charge in [-0.15, -0.1) is 0 Å². The van der Waals surface area contributed by atoms with Crippen molar-refractivity contribution in [1.82, 2.24) is 5.01 Å². The Kier molecular flexibility index (Phi) is 6.64. The molecule has 0 fully saturated rings. The molecule has 0 bridgehead atoms. The number of nitrogens with zero attached hydrogens (tertiary/aromatic N) is 5. The van der Waals surface area contributed by atoms with Gasteiger partial charge >= 0.3 is 11.4 Å². The summed E-state index contributed by atoms with van der Waals surface area (Å²) in [6, 6.07) is 7.35. The van der Waals surface area contributed by atoms with E-state index in [1.54, 1.807) is 0 Å². The van der Waals surface area contributed by atoms with Crippen LogP contribution < -0.4 is 14.9 Å². The van der Waals surface area contributed by atoms with Crippen molar-refractivity contribution in [2.75, 3.05) is 19.4 Å². The number of nitrogens with one attached hydrogen (secondary N) is 1. The minimum Gasteiger partial charge on any atom is -0.569 e. The molecule has 30 heavy (non-hydrogen) atoms. The van der Waals surface area contributed by atoms with Crippen LogP contribution >= 0.6 is 0 Å². The highest BCUT2D eigenvalue weighted by molar-refractivity contribution is 5.88. The van der Waals surface area contributed by atoms with Crippen molar-refractivity contribution < 1.29 is 29.2 Å². The van der Waals surface area contributed by atoms with E-state index in [9.17, 15) is 30.2 Å². The first-order chi connectivity index (χ1) is 14.1. The van der Waals surface area contributed by atoms with E-state index in [0.717, 1.165) is 11.1 Å². The second-order valence-corrected chi connectivity index (χ2v) is 5.88. The Hall–Kier alpha value is -4.49. The standard InChI is InChI=1S/C16H16N6O8/c1-10(23)17-11-4-6-12(7-5-11)29-15-9-16(30-18-22(28)19(2)3)14(21(26)27)8-13(15)20(24)25/h4-9H,1-3H3,(H,17,23)/b22-18-. The molecule has 2 aromatic carbocycles. The van der Waals surface area contributed by atoms with Gasteiger partial charge in [0.1, 0.15) is 11.8 Å². The lowest BCUT2D eigenvalue weighted by atomic mass is 10.2. The van der Waals surface area contributed by atoms with E-state index < -0.39 is 27.0 Å². The summed E-state index contributed by atoms with van der Waals surface area (Å²) >= 11 is 0. The van der Waals surface area contributed by atoms with Gasteiger partial charge < -0.3 is 15.3 Å². The minimum atomic E-state index is -0.922. The second kappa shape index (κ2) is 9.13. The first-order valence-corrected chi connectivity index (χ1v) is 8.13. The number of carbonyl (C=O) groups is 1. The molecule has 0 saturated heterocycles. The molecule has 0 heterocycles. The van der Waals surface area contributed by atoms with E-state index in [2.05, 4.69) is 10.6 Å². The highest BCUT2D eigenvalue weighted by atomic mass is 16.7. The Morgan fingerprint density at radius 3 is 2.07 bits per heavy atom. The zero-order valence-corrected chi connectivity index (χ0v) is 16.0. The maximum Gasteiger partial charge on any atom is 0.321 e. The fourth-order valence-electron chi connectivity index (χ4n) is 2.07. The molecule has 0 spiro atoms. The molecule has 0 radical (unpaired) electrons. The number of amides is 1. The molecule has 0 aromatic heterocycles. The summed E-state index contributed by atoms with van der Waals surface area (Å²) in [5.41, 5.74) is -1.02. The van der Waals surface area contributed by atoms with Crippen LogP contribution in [0.5, 0.6) is 17.2 Å². The number of carbonyl (C=O) groups excluding carboxylic acids is 1. The third kappa shape index (κ3) is 5.51. The summed E-state index contributed by atoms with van der Waals surface area (Å²) in [4.78, 5) is 36.7. The minimum absolute atomic E-state index is 0.00636. The molecular weight excluding hydrogens is 404 g/mol. The molecule has 0 aliphatic carbocycles. The van der Waals surface area contributed by atoms with Crippen LogP contribution in [0.2, 0.25) is 0 Å². The zero-order chi connectivity index (χ0) is 22.4. The van der Waals surface area contributed by atoms with E-state index >= 15 is 0 Å². The van der Waals surface area contributed by atoms with E-state index in [1.165, 1.54) is 45.3 Å². The predicted octanol–water partition coefficient (Wildman–Crippen LogP) is 2.99. The van der Waals surface area contributed by atoms with Gasteiger partial charge in [0.15, 0.2) is 0 Å². The largest absolute Gasteiger partial charge is 0.569 e. The zero-order valence-electron chi connectivity index (χ0n) is 16.0. The van der Waals surface area contributed by atoms with Crippen molar-refractivity contribution in [3.8, 4) is 17.2 Å². The number of hydrogen-bond donors (Lipinski definition) is 1. The number of ether oxygens (including phenoxy) is 1. The molecule has 1 N–H and O–H groups in total. The molecule has 0 atom stereocenters. The predicted molar refractivity (Wildman–Crippen MR) is 101 cm³/mol. The molecule has 1 amide bonds. The Morgan fingerprint density at radius 2 is 1.57 bits per heavy atom. The fourth-order valence-corrected chi connectivity index (χ4v) is 2.07. The van der Waals surface area contributed by atoms with Crippen molar-refractivity contribution in [1.29, 1.82) is 0 Å². The van der Waals surface area contributed by atoms with Crippen LogP contribution in [0.4, 0.5) is 17.1 Å². The smallest absolute Gasteiger partial charge is 0.321 e. The van der Waals surface area contributed by atoms with Crippen LogP contribution in [-0.2, 0) is 4.79 Å². The summed E-state index contributed by atoms with van der Waals surface area (Å²) in [6.45, 7) is 1.33. The molecule has 2 rings (SSSR count). The van der Waals surface area contributed by atoms with Crippen LogP contribution in [0, 0.1) is 25.4 Å². The van der Waals surface area contributed by atoms with Crippen LogP contribution in [-0.4, -0.2) is 39.8 Å². The maximum absolute atomic E-state index is 11.5. The van der Waals surface area contributed by atoms with Gasteiger partial charge in [0, 0.05) is 18.7 Å². The molecule has 0 aliphatic rings. The molecule has 0 aliphatic heterocycles. The van der Waals surface area contributed by atoms with Gasteiger partial charge in [-0.05, 0) is 24.3 Å². The summed E-state index contributed by atoms with van der Waals surface area (Å²) in [6.07, 6.45) is 0. The Morgan fingerprint density at radius 1 is 1.00 bits per heavy atom. The fraction of sp³-hybridized carbons (Fsp3) is 0.188. The number of hydrazine groups is 1. The van der Waals surface area contributed by atoms with Crippen molar-refractivity contribution in [2.24, 2.45) is 5.28 Å². The third-order valence-corrected chi connectivity index (χ3v) is 3.39. The lowest BCUT2D eigenvalue weighted by Gasteiger charge is -2.09. The number of anilines is 1. The van der Waals surface area contributed by atoms with Gasteiger partial charge in [-0.3, -0.25) is 29.9 Å². The number of rotatable bonds is 8. The van der Waals surface area contributed by atoms with Crippen LogP contribution in [0.15, 0.2) is 41.7 Å². The third-order valence-electron chi connectivity index (χ3n) is 3.39. The molecule has 14 nitrogen and oxygen atoms in total. The van der Waals surface area contributed by atoms with Crippen molar-refractivity contribution in [2.45, 2.75) is 6.92 Å². The average molecular weight is 420 g/mol. The Bertz CT molecular complexity index is 1010. The van der Waals surface area contributed by atoms with Gasteiger partial charge in [0.2, 0.25) is 22.7 Å². The highest BCUT2D eigenvalue weighted by Gasteiger charge is 2.28. The summed E-state index contributed by atoms with van der Waals surface area (Å²) in [5, 5.41) is 40.7. The number of nitro benzene ring substituents is 2. The van der Waals surface area contributed by atoms with Crippen LogP contribution in [0.25, 0.3) is 0 Å². The molecule has 2 aromatic rings. The van der Waals surface area contributed by atoms with Gasteiger partial charge in [-0.25, -0.2) is 0 Å². The number of hydrogen-bond acceptors (Lipinski definition) is 9. The van der Waals surface area contributed by atoms with E-state index in [1.807, 2.05) is 0 Å². The summed E-state index contributed by atoms with van der Waals surface area (Å²) in [7, 11) is 2.70. The van der Waals surface area contributed by atoms with Gasteiger partial charge in [-0.2, -0.15) is 5.01 Å². The maximum atomic E-state index is 11.5. The second-order valence-electron chi connectivity index (χ2n) is 5.88. The van der Waals surface area contributed by atoms with Crippen LogP contribution in [0.3, 0.4) is 0 Å². The lowest BCUT2D eigenvalue weighted by molar-refractivity contribution is -0.695. The quantitative estimate of drug-likeness (QED) is 0.291. The molecule has 14 heteroatoms. The monoisotopic (exact) mass is 420 g/mol. The van der Waals surface area contributed by atoms with Crippen molar-refractivity contribution in [3.05, 3.63) is 61.8 Å². The van der Waals surface area contributed by atoms with E-state index in [4.69, 9.17) is 9.57 Å². The molecule has 0 unspecified atom stereocenters. The molecule has 158 valence electrons.